The number of hydrogen-bond acceptors (Lipinski definition) is 2. The molecule has 0 aliphatic rings. The van der Waals surface area contributed by atoms with Crippen LogP contribution < -0.4 is 5.32 Å². The van der Waals surface area contributed by atoms with Crippen LogP contribution in [0.5, 0.6) is 0 Å². The molecule has 1 heterocycles. The van der Waals surface area contributed by atoms with E-state index in [1.165, 1.54) is 79.7 Å². The van der Waals surface area contributed by atoms with Crippen LogP contribution in [0.2, 0.25) is 0 Å². The van der Waals surface area contributed by atoms with E-state index in [1.54, 1.807) is 0 Å². The Morgan fingerprint density at radius 1 is 0.681 bits per heavy atom. The molecule has 6 rings (SSSR count). The van der Waals surface area contributed by atoms with Gasteiger partial charge in [0.05, 0.1) is 16.9 Å². The second kappa shape index (κ2) is 12.5. The van der Waals surface area contributed by atoms with Crippen molar-refractivity contribution in [2.75, 3.05) is 5.32 Å². The third-order valence-corrected chi connectivity index (χ3v) is 9.86. The molecule has 0 aliphatic carbocycles. The largest absolute Gasteiger partial charge is 0.353 e. The standard InChI is InChI=1S/C44H53N3/c1-11-12-13-14-22-47-38-17-15-16-37(41(38)46-42(47)39-29(3)23-28(2)24-30(39)4)45-40-35-26-33(43(5,6)7)20-18-31(35)25-32-19-21-34(27-36(32)40)44(8,9)10/h15-21,23-27,45H,11-14,22H2,1-10H3. The van der Waals surface area contributed by atoms with Crippen molar-refractivity contribution >= 4 is 44.0 Å². The molecule has 244 valence electrons. The van der Waals surface area contributed by atoms with Gasteiger partial charge in [0, 0.05) is 22.9 Å². The van der Waals surface area contributed by atoms with E-state index in [0.29, 0.717) is 0 Å². The molecule has 3 nitrogen and oxygen atoms in total. The average molecular weight is 624 g/mol. The summed E-state index contributed by atoms with van der Waals surface area (Å²) in [4.78, 5) is 5.50. The van der Waals surface area contributed by atoms with Gasteiger partial charge in [0.15, 0.2) is 0 Å². The number of para-hydroxylation sites is 1. The summed E-state index contributed by atoms with van der Waals surface area (Å²) in [5.41, 5.74) is 12.3. The van der Waals surface area contributed by atoms with Crippen molar-refractivity contribution in [3.05, 3.63) is 101 Å². The molecule has 0 unspecified atom stereocenters. The van der Waals surface area contributed by atoms with Crippen LogP contribution in [0, 0.1) is 20.8 Å². The second-order valence-corrected chi connectivity index (χ2v) is 15.8. The van der Waals surface area contributed by atoms with Crippen LogP contribution in [0.4, 0.5) is 11.4 Å². The van der Waals surface area contributed by atoms with Crippen LogP contribution in [0.1, 0.15) is 102 Å². The van der Waals surface area contributed by atoms with Crippen LogP contribution in [0.15, 0.2) is 72.8 Å². The first-order chi connectivity index (χ1) is 22.3. The summed E-state index contributed by atoms with van der Waals surface area (Å²) in [6, 6.07) is 27.6. The molecule has 0 aliphatic heterocycles. The van der Waals surface area contributed by atoms with E-state index in [4.69, 9.17) is 4.98 Å². The third kappa shape index (κ3) is 6.42. The fourth-order valence-electron chi connectivity index (χ4n) is 7.21. The number of fused-ring (bicyclic) bond motifs is 3. The zero-order valence-electron chi connectivity index (χ0n) is 30.4. The summed E-state index contributed by atoms with van der Waals surface area (Å²) in [7, 11) is 0. The van der Waals surface area contributed by atoms with Crippen molar-refractivity contribution in [2.45, 2.75) is 112 Å². The van der Waals surface area contributed by atoms with Gasteiger partial charge in [0.1, 0.15) is 11.3 Å². The molecule has 0 amide bonds. The van der Waals surface area contributed by atoms with Crippen molar-refractivity contribution < 1.29 is 0 Å². The second-order valence-electron chi connectivity index (χ2n) is 15.8. The molecular formula is C44H53N3. The highest BCUT2D eigenvalue weighted by Gasteiger charge is 2.22. The van der Waals surface area contributed by atoms with Crippen LogP contribution >= 0.6 is 0 Å². The maximum absolute atomic E-state index is 5.50. The molecule has 3 heteroatoms. The van der Waals surface area contributed by atoms with E-state index in [9.17, 15) is 0 Å². The molecule has 1 N–H and O–H groups in total. The van der Waals surface area contributed by atoms with Gasteiger partial charge in [-0.1, -0.05) is 116 Å². The van der Waals surface area contributed by atoms with Crippen LogP contribution in [0.25, 0.3) is 44.0 Å². The maximum atomic E-state index is 5.50. The quantitative estimate of drug-likeness (QED) is 0.135. The Morgan fingerprint density at radius 3 is 1.83 bits per heavy atom. The van der Waals surface area contributed by atoms with Gasteiger partial charge in [0.25, 0.3) is 0 Å². The van der Waals surface area contributed by atoms with Crippen LogP contribution in [-0.4, -0.2) is 9.55 Å². The van der Waals surface area contributed by atoms with Gasteiger partial charge in [-0.05, 0) is 101 Å². The fourth-order valence-corrected chi connectivity index (χ4v) is 7.21. The monoisotopic (exact) mass is 623 g/mol. The molecule has 5 aromatic carbocycles. The molecule has 0 fully saturated rings. The lowest BCUT2D eigenvalue weighted by atomic mass is 9.83. The number of benzene rings is 5. The number of imidazole rings is 1. The van der Waals surface area contributed by atoms with Gasteiger partial charge >= 0.3 is 0 Å². The molecule has 1 aromatic heterocycles. The van der Waals surface area contributed by atoms with Gasteiger partial charge in [-0.3, -0.25) is 0 Å². The van der Waals surface area contributed by atoms with E-state index in [-0.39, 0.29) is 10.8 Å². The van der Waals surface area contributed by atoms with Gasteiger partial charge in [-0.15, -0.1) is 0 Å². The van der Waals surface area contributed by atoms with Gasteiger partial charge in [-0.2, -0.15) is 0 Å². The van der Waals surface area contributed by atoms with Gasteiger partial charge < -0.3 is 9.88 Å². The normalized spacial score (nSPS) is 12.5. The summed E-state index contributed by atoms with van der Waals surface area (Å²) in [6.45, 7) is 23.7. The van der Waals surface area contributed by atoms with Crippen LogP contribution in [0.3, 0.4) is 0 Å². The molecule has 0 radical (unpaired) electrons. The number of unbranched alkanes of at least 4 members (excludes halogenated alkanes) is 3. The molecule has 0 atom stereocenters. The highest BCUT2D eigenvalue weighted by molar-refractivity contribution is 6.13. The van der Waals surface area contributed by atoms with E-state index >= 15 is 0 Å². The Kier molecular flexibility index (Phi) is 8.72. The maximum Gasteiger partial charge on any atom is 0.141 e. The number of anilines is 2. The molecule has 0 spiro atoms. The van der Waals surface area contributed by atoms with E-state index < -0.39 is 0 Å². The summed E-state index contributed by atoms with van der Waals surface area (Å²) >= 11 is 0. The predicted molar refractivity (Wildman–Crippen MR) is 206 cm³/mol. The zero-order chi connectivity index (χ0) is 33.7. The Hall–Kier alpha value is -4.11. The minimum atomic E-state index is 0.0445. The minimum Gasteiger partial charge on any atom is -0.353 e. The number of hydrogen-bond donors (Lipinski definition) is 1. The summed E-state index contributed by atoms with van der Waals surface area (Å²) in [5.74, 6) is 1.08. The zero-order valence-corrected chi connectivity index (χ0v) is 30.4. The molecule has 6 aromatic rings. The molecule has 47 heavy (non-hydrogen) atoms. The molecule has 0 saturated heterocycles. The van der Waals surface area contributed by atoms with E-state index in [0.717, 1.165) is 35.7 Å². The smallest absolute Gasteiger partial charge is 0.141 e. The summed E-state index contributed by atoms with van der Waals surface area (Å²) in [6.07, 6.45) is 4.87. The SMILES string of the molecule is CCCCCCn1c(-c2c(C)cc(C)cc2C)nc2c(Nc3c4cc(C(C)(C)C)ccc4cc4ccc(C(C)(C)C)cc34)cccc21. The number of nitrogens with one attached hydrogen (secondary N) is 1. The minimum absolute atomic E-state index is 0.0445. The lowest BCUT2D eigenvalue weighted by Crippen LogP contribution is -2.11. The number of nitrogens with zero attached hydrogens (tertiary/aromatic N) is 2. The first kappa shape index (κ1) is 32.8. The Bertz CT molecular complexity index is 2000. The lowest BCUT2D eigenvalue weighted by Gasteiger charge is -2.23. The van der Waals surface area contributed by atoms with Gasteiger partial charge in [0.2, 0.25) is 0 Å². The van der Waals surface area contributed by atoms with Gasteiger partial charge in [-0.25, -0.2) is 4.98 Å². The Morgan fingerprint density at radius 2 is 1.28 bits per heavy atom. The summed E-state index contributed by atoms with van der Waals surface area (Å²) < 4.78 is 2.48. The van der Waals surface area contributed by atoms with Crippen molar-refractivity contribution in [2.24, 2.45) is 0 Å². The van der Waals surface area contributed by atoms with Crippen LogP contribution in [-0.2, 0) is 17.4 Å². The summed E-state index contributed by atoms with van der Waals surface area (Å²) in [5, 5.41) is 9.01. The van der Waals surface area contributed by atoms with Crippen molar-refractivity contribution in [1.82, 2.24) is 9.55 Å². The van der Waals surface area contributed by atoms with E-state index in [1.807, 2.05) is 0 Å². The predicted octanol–water partition coefficient (Wildman–Crippen LogP) is 12.9. The van der Waals surface area contributed by atoms with Crippen molar-refractivity contribution in [3.8, 4) is 11.4 Å². The first-order valence-corrected chi connectivity index (χ1v) is 17.6. The Balaban J connectivity index is 1.60. The number of aryl methyl sites for hydroxylation is 4. The number of rotatable bonds is 8. The van der Waals surface area contributed by atoms with Crippen molar-refractivity contribution in [3.63, 3.8) is 0 Å². The molecule has 0 bridgehead atoms. The highest BCUT2D eigenvalue weighted by Crippen LogP contribution is 2.41. The lowest BCUT2D eigenvalue weighted by molar-refractivity contribution is 0.591. The van der Waals surface area contributed by atoms with E-state index in [2.05, 4.69) is 152 Å². The molecular weight excluding hydrogens is 571 g/mol. The molecule has 0 saturated carbocycles. The third-order valence-electron chi connectivity index (χ3n) is 9.86. The van der Waals surface area contributed by atoms with Crippen molar-refractivity contribution in [1.29, 1.82) is 0 Å². The highest BCUT2D eigenvalue weighted by atomic mass is 15.1. The fraction of sp³-hybridized carbons (Fsp3) is 0.386. The Labute approximate surface area is 282 Å². The average Bonchev–Trinajstić information content (AvgIpc) is 3.36. The topological polar surface area (TPSA) is 29.9 Å². The number of aromatic nitrogens is 2. The first-order valence-electron chi connectivity index (χ1n) is 17.6.